The molecule has 1 heterocycles. The minimum absolute atomic E-state index is 0.0292. The maximum absolute atomic E-state index is 11.6. The fourth-order valence-corrected chi connectivity index (χ4v) is 3.12. The highest BCUT2D eigenvalue weighted by atomic mass is 35.5. The molecule has 0 aliphatic heterocycles. The molecule has 0 unspecified atom stereocenters. The molecule has 0 spiro atoms. The second-order valence-electron chi connectivity index (χ2n) is 7.20. The standard InChI is InChI=1S/C25H27ClN4O6/c1-4-34-24(31)9-6-14-35-20-7-5-8-21(36-25-28-22(32-2)15-23(29-25)33-3)19(20)16-27-30-18-12-10-17(26)11-13-18/h5,7-8,10-13,15H,4,6,9,14,16H2,1-3H3. The number of esters is 1. The summed E-state index contributed by atoms with van der Waals surface area (Å²) in [5.41, 5.74) is 1.27. The number of ether oxygens (including phenoxy) is 5. The highest BCUT2D eigenvalue weighted by Gasteiger charge is 2.15. The van der Waals surface area contributed by atoms with Crippen molar-refractivity contribution < 1.29 is 28.5 Å². The number of hydrogen-bond acceptors (Lipinski definition) is 10. The molecule has 3 rings (SSSR count). The van der Waals surface area contributed by atoms with Crippen LogP contribution in [0.15, 0.2) is 58.8 Å². The lowest BCUT2D eigenvalue weighted by Gasteiger charge is -2.14. The van der Waals surface area contributed by atoms with Gasteiger partial charge in [-0.15, -0.1) is 0 Å². The Morgan fingerprint density at radius 3 is 2.36 bits per heavy atom. The van der Waals surface area contributed by atoms with Gasteiger partial charge in [-0.25, -0.2) is 0 Å². The van der Waals surface area contributed by atoms with Crippen molar-refractivity contribution in [1.82, 2.24) is 9.97 Å². The number of azo groups is 1. The molecule has 190 valence electrons. The van der Waals surface area contributed by atoms with Gasteiger partial charge in [-0.3, -0.25) is 4.79 Å². The second-order valence-corrected chi connectivity index (χ2v) is 7.64. The maximum atomic E-state index is 11.6. The Morgan fingerprint density at radius 2 is 1.69 bits per heavy atom. The van der Waals surface area contributed by atoms with E-state index in [4.69, 9.17) is 35.3 Å². The molecule has 0 saturated heterocycles. The van der Waals surface area contributed by atoms with Gasteiger partial charge in [0.05, 0.1) is 51.3 Å². The Balaban J connectivity index is 1.83. The van der Waals surface area contributed by atoms with E-state index in [1.54, 1.807) is 49.4 Å². The SMILES string of the molecule is CCOC(=O)CCCOc1cccc(Oc2nc(OC)cc(OC)n2)c1CN=Nc1ccc(Cl)cc1. The van der Waals surface area contributed by atoms with Gasteiger partial charge in [-0.2, -0.15) is 20.2 Å². The van der Waals surface area contributed by atoms with E-state index in [9.17, 15) is 4.79 Å². The summed E-state index contributed by atoms with van der Waals surface area (Å²) in [6.07, 6.45) is 0.749. The Bertz CT molecular complexity index is 1150. The molecule has 0 fully saturated rings. The molecule has 0 N–H and O–H groups in total. The molecule has 0 aliphatic carbocycles. The van der Waals surface area contributed by atoms with Gasteiger partial charge in [0, 0.05) is 11.4 Å². The normalized spacial score (nSPS) is 10.8. The number of aromatic nitrogens is 2. The number of carbonyl (C=O) groups excluding carboxylic acids is 1. The lowest BCUT2D eigenvalue weighted by atomic mass is 10.1. The molecule has 0 radical (unpaired) electrons. The molecule has 3 aromatic rings. The summed E-state index contributed by atoms with van der Waals surface area (Å²) >= 11 is 5.94. The van der Waals surface area contributed by atoms with E-state index >= 15 is 0 Å². The molecule has 1 aromatic heterocycles. The van der Waals surface area contributed by atoms with E-state index in [-0.39, 0.29) is 36.7 Å². The van der Waals surface area contributed by atoms with Crippen LogP contribution in [0, 0.1) is 0 Å². The number of carbonyl (C=O) groups is 1. The molecule has 11 heteroatoms. The quantitative estimate of drug-likeness (QED) is 0.156. The molecular weight excluding hydrogens is 488 g/mol. The monoisotopic (exact) mass is 514 g/mol. The van der Waals surface area contributed by atoms with Crippen LogP contribution in [-0.4, -0.2) is 43.4 Å². The molecule has 36 heavy (non-hydrogen) atoms. The number of benzene rings is 2. The van der Waals surface area contributed by atoms with Gasteiger partial charge in [0.15, 0.2) is 0 Å². The molecule has 0 bridgehead atoms. The fourth-order valence-electron chi connectivity index (χ4n) is 3.00. The minimum atomic E-state index is -0.265. The second kappa shape index (κ2) is 13.8. The van der Waals surface area contributed by atoms with Gasteiger partial charge in [0.25, 0.3) is 0 Å². The number of halogens is 1. The van der Waals surface area contributed by atoms with E-state index < -0.39 is 0 Å². The average Bonchev–Trinajstić information content (AvgIpc) is 2.88. The zero-order valence-electron chi connectivity index (χ0n) is 20.3. The van der Waals surface area contributed by atoms with Crippen molar-refractivity contribution in [3.63, 3.8) is 0 Å². The lowest BCUT2D eigenvalue weighted by molar-refractivity contribution is -0.143. The summed E-state index contributed by atoms with van der Waals surface area (Å²) in [5, 5.41) is 9.17. The number of rotatable bonds is 13. The van der Waals surface area contributed by atoms with Crippen LogP contribution >= 0.6 is 11.6 Å². The minimum Gasteiger partial charge on any atom is -0.493 e. The zero-order chi connectivity index (χ0) is 25.8. The Hall–Kier alpha value is -3.92. The van der Waals surface area contributed by atoms with E-state index in [1.165, 1.54) is 20.3 Å². The van der Waals surface area contributed by atoms with Crippen LogP contribution in [0.4, 0.5) is 5.69 Å². The average molecular weight is 515 g/mol. The van der Waals surface area contributed by atoms with Crippen LogP contribution in [-0.2, 0) is 16.1 Å². The van der Waals surface area contributed by atoms with Crippen LogP contribution < -0.4 is 18.9 Å². The van der Waals surface area contributed by atoms with E-state index in [0.717, 1.165) is 0 Å². The first kappa shape index (κ1) is 26.7. The van der Waals surface area contributed by atoms with Crippen LogP contribution in [0.3, 0.4) is 0 Å². The van der Waals surface area contributed by atoms with Crippen molar-refractivity contribution >= 4 is 23.3 Å². The maximum Gasteiger partial charge on any atom is 0.328 e. The Kier molecular flexibility index (Phi) is 10.3. The van der Waals surface area contributed by atoms with Crippen LogP contribution in [0.25, 0.3) is 0 Å². The van der Waals surface area contributed by atoms with Gasteiger partial charge in [-0.1, -0.05) is 17.7 Å². The third kappa shape index (κ3) is 8.09. The summed E-state index contributed by atoms with van der Waals surface area (Å²) in [5.74, 6) is 1.25. The summed E-state index contributed by atoms with van der Waals surface area (Å²) in [6.45, 7) is 2.56. The third-order valence-corrected chi connectivity index (χ3v) is 4.95. The first-order chi connectivity index (χ1) is 17.5. The predicted molar refractivity (Wildman–Crippen MR) is 133 cm³/mol. The van der Waals surface area contributed by atoms with Gasteiger partial charge < -0.3 is 23.7 Å². The molecule has 0 saturated carbocycles. The van der Waals surface area contributed by atoms with Crippen LogP contribution in [0.1, 0.15) is 25.3 Å². The Morgan fingerprint density at radius 1 is 1.00 bits per heavy atom. The van der Waals surface area contributed by atoms with Gasteiger partial charge >= 0.3 is 12.0 Å². The zero-order valence-corrected chi connectivity index (χ0v) is 21.0. The van der Waals surface area contributed by atoms with E-state index in [0.29, 0.717) is 47.4 Å². The van der Waals surface area contributed by atoms with E-state index in [1.807, 2.05) is 0 Å². The highest BCUT2D eigenvalue weighted by Crippen LogP contribution is 2.33. The number of methoxy groups -OCH3 is 2. The molecule has 0 aliphatic rings. The van der Waals surface area contributed by atoms with Crippen molar-refractivity contribution in [1.29, 1.82) is 0 Å². The van der Waals surface area contributed by atoms with E-state index in [2.05, 4.69) is 20.2 Å². The van der Waals surface area contributed by atoms with Crippen molar-refractivity contribution in [2.24, 2.45) is 10.2 Å². The summed E-state index contributed by atoms with van der Waals surface area (Å²) in [7, 11) is 2.97. The first-order valence-corrected chi connectivity index (χ1v) is 11.6. The number of nitrogens with zero attached hydrogens (tertiary/aromatic N) is 4. The van der Waals surface area contributed by atoms with Crippen LogP contribution in [0.5, 0.6) is 29.3 Å². The summed E-state index contributed by atoms with van der Waals surface area (Å²) < 4.78 is 27.3. The first-order valence-electron chi connectivity index (χ1n) is 11.2. The number of hydrogen-bond donors (Lipinski definition) is 0. The Labute approximate surface area is 214 Å². The molecule has 2 aromatic carbocycles. The highest BCUT2D eigenvalue weighted by molar-refractivity contribution is 6.30. The van der Waals surface area contributed by atoms with Crippen molar-refractivity contribution in [3.05, 3.63) is 59.1 Å². The van der Waals surface area contributed by atoms with Crippen molar-refractivity contribution in [2.45, 2.75) is 26.3 Å². The van der Waals surface area contributed by atoms with Crippen molar-refractivity contribution in [3.8, 4) is 29.3 Å². The van der Waals surface area contributed by atoms with Gasteiger partial charge in [0.1, 0.15) is 11.5 Å². The topological polar surface area (TPSA) is 114 Å². The smallest absolute Gasteiger partial charge is 0.328 e. The lowest BCUT2D eigenvalue weighted by Crippen LogP contribution is -2.07. The fraction of sp³-hybridized carbons (Fsp3) is 0.320. The van der Waals surface area contributed by atoms with Crippen LogP contribution in [0.2, 0.25) is 5.02 Å². The molecule has 0 amide bonds. The van der Waals surface area contributed by atoms with Gasteiger partial charge in [-0.05, 0) is 49.7 Å². The van der Waals surface area contributed by atoms with Crippen molar-refractivity contribution in [2.75, 3.05) is 27.4 Å². The summed E-state index contributed by atoms with van der Waals surface area (Å²) in [4.78, 5) is 20.1. The molecular formula is C25H27ClN4O6. The molecule has 10 nitrogen and oxygen atoms in total. The largest absolute Gasteiger partial charge is 0.493 e. The predicted octanol–water partition coefficient (Wildman–Crippen LogP) is 5.95. The molecule has 0 atom stereocenters. The summed E-state index contributed by atoms with van der Waals surface area (Å²) in [6, 6.07) is 13.9. The third-order valence-electron chi connectivity index (χ3n) is 4.70. The van der Waals surface area contributed by atoms with Gasteiger partial charge in [0.2, 0.25) is 11.8 Å².